The van der Waals surface area contributed by atoms with Crippen LogP contribution in [0.4, 0.5) is 18.9 Å². The van der Waals surface area contributed by atoms with Gasteiger partial charge in [0, 0.05) is 17.7 Å². The molecule has 4 N–H and O–H groups in total. The first-order valence-corrected chi connectivity index (χ1v) is 11.4. The van der Waals surface area contributed by atoms with Gasteiger partial charge in [-0.1, -0.05) is 72.8 Å². The second-order valence-electron chi connectivity index (χ2n) is 8.61. The molecule has 0 saturated carbocycles. The summed E-state index contributed by atoms with van der Waals surface area (Å²) in [5, 5.41) is 5.39. The standard InChI is InChI=1S/C27H24F3N3O3/c28-27(29,30)15-14-20(22(24(31)34)16-8-2-1-3-9-16)25(35)33-23-19-12-5-4-10-17(19)18-11-6-7-13-21(18)32-26(23)36/h1-13,20,22-23H,14-15H2,(H2,31,34)(H,32,36)(H,33,35). The average Bonchev–Trinajstić information content (AvgIpc) is 2.96. The van der Waals surface area contributed by atoms with Crippen LogP contribution in [0.5, 0.6) is 0 Å². The minimum absolute atomic E-state index is 0.324. The number of benzene rings is 3. The molecule has 0 saturated heterocycles. The molecule has 0 aromatic heterocycles. The quantitative estimate of drug-likeness (QED) is 0.443. The van der Waals surface area contributed by atoms with Crippen LogP contribution >= 0.6 is 0 Å². The molecule has 3 aromatic rings. The Balaban J connectivity index is 1.71. The van der Waals surface area contributed by atoms with Crippen LogP contribution in [0.25, 0.3) is 11.1 Å². The molecule has 3 aromatic carbocycles. The van der Waals surface area contributed by atoms with Crippen LogP contribution in [0.1, 0.15) is 35.9 Å². The molecule has 3 unspecified atom stereocenters. The van der Waals surface area contributed by atoms with Crippen LogP contribution in [0, 0.1) is 5.92 Å². The minimum Gasteiger partial charge on any atom is -0.369 e. The first kappa shape index (κ1) is 25.0. The topological polar surface area (TPSA) is 101 Å². The molecule has 6 nitrogen and oxygen atoms in total. The van der Waals surface area contributed by atoms with E-state index in [2.05, 4.69) is 10.6 Å². The Bertz CT molecular complexity index is 1280. The maximum Gasteiger partial charge on any atom is 0.389 e. The number of nitrogens with two attached hydrogens (primary N) is 1. The highest BCUT2D eigenvalue weighted by Crippen LogP contribution is 2.38. The van der Waals surface area contributed by atoms with Crippen molar-refractivity contribution in [2.45, 2.75) is 31.0 Å². The zero-order valence-electron chi connectivity index (χ0n) is 19.1. The lowest BCUT2D eigenvalue weighted by molar-refractivity contribution is -0.144. The highest BCUT2D eigenvalue weighted by Gasteiger charge is 2.39. The summed E-state index contributed by atoms with van der Waals surface area (Å²) in [5.41, 5.74) is 8.37. The number of primary amides is 1. The van der Waals surface area contributed by atoms with Crippen molar-refractivity contribution in [3.8, 4) is 11.1 Å². The Morgan fingerprint density at radius 2 is 1.53 bits per heavy atom. The number of amides is 3. The van der Waals surface area contributed by atoms with Crippen molar-refractivity contribution in [3.63, 3.8) is 0 Å². The average molecular weight is 496 g/mol. The number of carbonyl (C=O) groups excluding carboxylic acids is 3. The van der Waals surface area contributed by atoms with Crippen LogP contribution in [-0.2, 0) is 14.4 Å². The molecule has 0 bridgehead atoms. The fourth-order valence-electron chi connectivity index (χ4n) is 4.58. The zero-order valence-corrected chi connectivity index (χ0v) is 19.1. The third kappa shape index (κ3) is 5.40. The van der Waals surface area contributed by atoms with Crippen LogP contribution in [0.3, 0.4) is 0 Å². The highest BCUT2D eigenvalue weighted by atomic mass is 19.4. The van der Waals surface area contributed by atoms with Gasteiger partial charge in [-0.15, -0.1) is 0 Å². The number of halogens is 3. The Morgan fingerprint density at radius 3 is 2.19 bits per heavy atom. The number of fused-ring (bicyclic) bond motifs is 3. The molecule has 1 aliphatic heterocycles. The third-order valence-corrected chi connectivity index (χ3v) is 6.24. The fourth-order valence-corrected chi connectivity index (χ4v) is 4.58. The second kappa shape index (κ2) is 10.2. The van der Waals surface area contributed by atoms with Crippen LogP contribution in [0.15, 0.2) is 78.9 Å². The number of anilines is 1. The van der Waals surface area contributed by atoms with E-state index >= 15 is 0 Å². The van der Waals surface area contributed by atoms with E-state index in [-0.39, 0.29) is 0 Å². The Labute approximate surface area is 205 Å². The van der Waals surface area contributed by atoms with Crippen molar-refractivity contribution < 1.29 is 27.6 Å². The van der Waals surface area contributed by atoms with Crippen molar-refractivity contribution in [2.75, 3.05) is 5.32 Å². The normalized spacial score (nSPS) is 16.5. The predicted octanol–water partition coefficient (Wildman–Crippen LogP) is 4.69. The fraction of sp³-hybridized carbons (Fsp3) is 0.222. The molecule has 3 atom stereocenters. The number of rotatable bonds is 7. The number of nitrogens with one attached hydrogen (secondary N) is 2. The van der Waals surface area contributed by atoms with Crippen LogP contribution < -0.4 is 16.4 Å². The van der Waals surface area contributed by atoms with Gasteiger partial charge in [-0.25, -0.2) is 0 Å². The maximum absolute atomic E-state index is 13.5. The highest BCUT2D eigenvalue weighted by molar-refractivity contribution is 6.05. The summed E-state index contributed by atoms with van der Waals surface area (Å²) in [6.45, 7) is 0. The largest absolute Gasteiger partial charge is 0.389 e. The molecular formula is C27H24F3N3O3. The van der Waals surface area contributed by atoms with Gasteiger partial charge in [0.25, 0.3) is 5.91 Å². The van der Waals surface area contributed by atoms with Gasteiger partial charge in [-0.05, 0) is 29.2 Å². The summed E-state index contributed by atoms with van der Waals surface area (Å²) in [5.74, 6) is -5.10. The summed E-state index contributed by atoms with van der Waals surface area (Å²) >= 11 is 0. The van der Waals surface area contributed by atoms with E-state index in [1.807, 2.05) is 12.1 Å². The van der Waals surface area contributed by atoms with E-state index in [1.165, 1.54) is 12.1 Å². The SMILES string of the molecule is NC(=O)C(c1ccccc1)C(CCC(F)(F)F)C(=O)NC1C(=O)Nc2ccccc2-c2ccccc21. The van der Waals surface area contributed by atoms with Gasteiger partial charge in [0.05, 0.1) is 11.8 Å². The maximum atomic E-state index is 13.5. The van der Waals surface area contributed by atoms with Gasteiger partial charge in [0.15, 0.2) is 0 Å². The first-order valence-electron chi connectivity index (χ1n) is 11.4. The Morgan fingerprint density at radius 1 is 0.917 bits per heavy atom. The summed E-state index contributed by atoms with van der Waals surface area (Å²) in [6, 6.07) is 20.8. The lowest BCUT2D eigenvalue weighted by atomic mass is 9.81. The molecule has 0 radical (unpaired) electrons. The van der Waals surface area contributed by atoms with Gasteiger partial charge >= 0.3 is 6.18 Å². The molecule has 0 aliphatic carbocycles. The zero-order chi connectivity index (χ0) is 25.9. The van der Waals surface area contributed by atoms with Gasteiger partial charge in [0.2, 0.25) is 11.8 Å². The first-order chi connectivity index (χ1) is 17.2. The summed E-state index contributed by atoms with van der Waals surface area (Å²) < 4.78 is 39.5. The second-order valence-corrected chi connectivity index (χ2v) is 8.61. The molecule has 4 rings (SSSR count). The molecule has 0 fully saturated rings. The van der Waals surface area contributed by atoms with Crippen molar-refractivity contribution in [3.05, 3.63) is 90.0 Å². The minimum atomic E-state index is -4.55. The van der Waals surface area contributed by atoms with Gasteiger partial charge < -0.3 is 16.4 Å². The monoisotopic (exact) mass is 495 g/mol. The number of para-hydroxylation sites is 1. The Hall–Kier alpha value is -4.14. The third-order valence-electron chi connectivity index (χ3n) is 6.24. The number of alkyl halides is 3. The molecule has 186 valence electrons. The van der Waals surface area contributed by atoms with E-state index in [9.17, 15) is 27.6 Å². The number of hydrogen-bond donors (Lipinski definition) is 3. The lowest BCUT2D eigenvalue weighted by Gasteiger charge is -2.27. The lowest BCUT2D eigenvalue weighted by Crippen LogP contribution is -2.44. The van der Waals surface area contributed by atoms with Crippen molar-refractivity contribution >= 4 is 23.4 Å². The van der Waals surface area contributed by atoms with Crippen molar-refractivity contribution in [1.29, 1.82) is 0 Å². The molecule has 3 amide bonds. The molecule has 36 heavy (non-hydrogen) atoms. The van der Waals surface area contributed by atoms with E-state index < -0.39 is 54.6 Å². The molecular weight excluding hydrogens is 471 g/mol. The van der Waals surface area contributed by atoms with Crippen LogP contribution in [0.2, 0.25) is 0 Å². The summed E-state index contributed by atoms with van der Waals surface area (Å²) in [7, 11) is 0. The summed E-state index contributed by atoms with van der Waals surface area (Å²) in [6.07, 6.45) is -6.51. The van der Waals surface area contributed by atoms with E-state index in [0.29, 0.717) is 22.4 Å². The number of carbonyl (C=O) groups is 3. The van der Waals surface area contributed by atoms with E-state index in [4.69, 9.17) is 5.73 Å². The molecule has 1 aliphatic rings. The van der Waals surface area contributed by atoms with Crippen molar-refractivity contribution in [2.24, 2.45) is 11.7 Å². The molecule has 9 heteroatoms. The molecule has 0 spiro atoms. The van der Waals surface area contributed by atoms with Crippen LogP contribution in [-0.4, -0.2) is 23.9 Å². The molecule has 1 heterocycles. The Kier molecular flexibility index (Phi) is 7.10. The van der Waals surface area contributed by atoms with E-state index in [1.54, 1.807) is 54.6 Å². The smallest absolute Gasteiger partial charge is 0.369 e. The number of hydrogen-bond acceptors (Lipinski definition) is 3. The predicted molar refractivity (Wildman–Crippen MR) is 129 cm³/mol. The van der Waals surface area contributed by atoms with Gasteiger partial charge in [0.1, 0.15) is 6.04 Å². The van der Waals surface area contributed by atoms with E-state index in [0.717, 1.165) is 5.56 Å². The van der Waals surface area contributed by atoms with Gasteiger partial charge in [-0.3, -0.25) is 14.4 Å². The van der Waals surface area contributed by atoms with Crippen molar-refractivity contribution in [1.82, 2.24) is 5.32 Å². The van der Waals surface area contributed by atoms with Gasteiger partial charge in [-0.2, -0.15) is 13.2 Å². The summed E-state index contributed by atoms with van der Waals surface area (Å²) in [4.78, 5) is 39.1.